The smallest absolute Gasteiger partial charge is 0.266 e. The molecule has 0 saturated carbocycles. The maximum Gasteiger partial charge on any atom is 0.266 e. The molecule has 1 heterocycles. The number of thioether (sulfide) groups is 1. The van der Waals surface area contributed by atoms with Gasteiger partial charge in [0, 0.05) is 11.6 Å². The van der Waals surface area contributed by atoms with Crippen LogP contribution >= 0.6 is 43.6 Å². The number of methoxy groups -OCH3 is 1. The SMILES string of the molecule is CCOc1cc(C=C2SC(=Nc3ccccc3)N(CCOC)C2=O)c(Br)c(Br)c1O. The van der Waals surface area contributed by atoms with E-state index in [1.807, 2.05) is 37.3 Å². The van der Waals surface area contributed by atoms with Gasteiger partial charge in [0.1, 0.15) is 0 Å². The molecule has 30 heavy (non-hydrogen) atoms. The summed E-state index contributed by atoms with van der Waals surface area (Å²) in [6.07, 6.45) is 1.76. The molecule has 1 N–H and O–H groups in total. The first-order valence-corrected chi connectivity index (χ1v) is 11.5. The third kappa shape index (κ3) is 5.08. The molecule has 1 fully saturated rings. The molecule has 6 nitrogen and oxygen atoms in total. The molecular formula is C21H20Br2N2O4S. The maximum absolute atomic E-state index is 13.1. The number of carbonyl (C=O) groups is 1. The topological polar surface area (TPSA) is 71.4 Å². The predicted molar refractivity (Wildman–Crippen MR) is 127 cm³/mol. The Labute approximate surface area is 196 Å². The maximum atomic E-state index is 13.1. The molecule has 0 aromatic heterocycles. The van der Waals surface area contributed by atoms with Gasteiger partial charge < -0.3 is 14.6 Å². The highest BCUT2D eigenvalue weighted by molar-refractivity contribution is 9.13. The summed E-state index contributed by atoms with van der Waals surface area (Å²) in [7, 11) is 1.60. The van der Waals surface area contributed by atoms with E-state index < -0.39 is 0 Å². The van der Waals surface area contributed by atoms with Crippen LogP contribution in [0.5, 0.6) is 11.5 Å². The summed E-state index contributed by atoms with van der Waals surface area (Å²) in [5.41, 5.74) is 1.47. The molecule has 0 bridgehead atoms. The minimum atomic E-state index is -0.152. The zero-order chi connectivity index (χ0) is 21.7. The molecule has 2 aromatic carbocycles. The Bertz CT molecular complexity index is 996. The number of hydrogen-bond donors (Lipinski definition) is 1. The van der Waals surface area contributed by atoms with Crippen LogP contribution in [0.15, 0.2) is 55.2 Å². The molecule has 9 heteroatoms. The molecular weight excluding hydrogens is 536 g/mol. The van der Waals surface area contributed by atoms with Gasteiger partial charge in [-0.05, 0) is 80.4 Å². The Kier molecular flexibility index (Phi) is 7.99. The number of benzene rings is 2. The van der Waals surface area contributed by atoms with Gasteiger partial charge >= 0.3 is 0 Å². The first-order chi connectivity index (χ1) is 14.5. The molecule has 0 aliphatic carbocycles. The highest BCUT2D eigenvalue weighted by atomic mass is 79.9. The number of carbonyl (C=O) groups excluding carboxylic acids is 1. The largest absolute Gasteiger partial charge is 0.503 e. The van der Waals surface area contributed by atoms with E-state index in [-0.39, 0.29) is 11.7 Å². The van der Waals surface area contributed by atoms with Crippen LogP contribution in [0.4, 0.5) is 5.69 Å². The third-order valence-corrected chi connectivity index (χ3v) is 7.31. The summed E-state index contributed by atoms with van der Waals surface area (Å²) < 4.78 is 11.8. The minimum absolute atomic E-state index is 0.00401. The van der Waals surface area contributed by atoms with Crippen molar-refractivity contribution in [2.45, 2.75) is 6.92 Å². The van der Waals surface area contributed by atoms with Crippen molar-refractivity contribution in [2.24, 2.45) is 4.99 Å². The highest BCUT2D eigenvalue weighted by Crippen LogP contribution is 2.44. The summed E-state index contributed by atoms with van der Waals surface area (Å²) in [5.74, 6) is 0.189. The molecule has 0 atom stereocenters. The number of phenols is 1. The Hall–Kier alpha value is -1.81. The van der Waals surface area contributed by atoms with Gasteiger partial charge in [-0.15, -0.1) is 0 Å². The standard InChI is InChI=1S/C21H20Br2N2O4S/c1-3-29-15-11-13(17(22)18(23)19(15)26)12-16-20(27)25(9-10-28-2)21(30-16)24-14-7-5-4-6-8-14/h4-8,11-12,26H,3,9-10H2,1-2H3. The predicted octanol–water partition coefficient (Wildman–Crippen LogP) is 5.57. The molecule has 0 spiro atoms. The second kappa shape index (κ2) is 10.5. The number of amides is 1. The van der Waals surface area contributed by atoms with Crippen LogP contribution in [0, 0.1) is 0 Å². The molecule has 3 rings (SSSR count). The fourth-order valence-corrected chi connectivity index (χ4v) is 4.56. The van der Waals surface area contributed by atoms with Gasteiger partial charge in [-0.25, -0.2) is 4.99 Å². The van der Waals surface area contributed by atoms with Crippen LogP contribution in [0.25, 0.3) is 6.08 Å². The van der Waals surface area contributed by atoms with E-state index in [0.717, 1.165) is 5.69 Å². The van der Waals surface area contributed by atoms with Gasteiger partial charge in [-0.1, -0.05) is 18.2 Å². The van der Waals surface area contributed by atoms with Crippen LogP contribution in [-0.2, 0) is 9.53 Å². The molecule has 1 aliphatic rings. The molecule has 0 unspecified atom stereocenters. The second-order valence-electron chi connectivity index (χ2n) is 6.16. The fraction of sp³-hybridized carbons (Fsp3) is 0.238. The number of rotatable bonds is 7. The van der Waals surface area contributed by atoms with Crippen molar-refractivity contribution in [2.75, 3.05) is 26.9 Å². The van der Waals surface area contributed by atoms with Gasteiger partial charge in [0.25, 0.3) is 5.91 Å². The molecule has 158 valence electrons. The quantitative estimate of drug-likeness (QED) is 0.452. The van der Waals surface area contributed by atoms with Crippen LogP contribution in [-0.4, -0.2) is 47.9 Å². The van der Waals surface area contributed by atoms with Crippen molar-refractivity contribution in [1.82, 2.24) is 4.90 Å². The van der Waals surface area contributed by atoms with E-state index in [4.69, 9.17) is 9.47 Å². The third-order valence-electron chi connectivity index (χ3n) is 4.15. The summed E-state index contributed by atoms with van der Waals surface area (Å²) in [6, 6.07) is 11.2. The minimum Gasteiger partial charge on any atom is -0.503 e. The Morgan fingerprint density at radius 1 is 1.23 bits per heavy atom. The number of ether oxygens (including phenoxy) is 2. The van der Waals surface area contributed by atoms with Crippen molar-refractivity contribution < 1.29 is 19.4 Å². The average molecular weight is 556 g/mol. The van der Waals surface area contributed by atoms with Gasteiger partial charge in [0.05, 0.1) is 34.8 Å². The molecule has 1 amide bonds. The lowest BCUT2D eigenvalue weighted by Crippen LogP contribution is -2.32. The van der Waals surface area contributed by atoms with E-state index in [1.54, 1.807) is 24.2 Å². The van der Waals surface area contributed by atoms with E-state index in [1.165, 1.54) is 11.8 Å². The van der Waals surface area contributed by atoms with E-state index in [2.05, 4.69) is 36.9 Å². The lowest BCUT2D eigenvalue weighted by atomic mass is 10.2. The van der Waals surface area contributed by atoms with Crippen molar-refractivity contribution in [3.63, 3.8) is 0 Å². The lowest BCUT2D eigenvalue weighted by molar-refractivity contribution is -0.122. The number of amidine groups is 1. The van der Waals surface area contributed by atoms with Crippen LogP contribution in [0.3, 0.4) is 0 Å². The lowest BCUT2D eigenvalue weighted by Gasteiger charge is -2.14. The number of para-hydroxylation sites is 1. The summed E-state index contributed by atoms with van der Waals surface area (Å²) in [6.45, 7) is 3.04. The van der Waals surface area contributed by atoms with E-state index in [9.17, 15) is 9.90 Å². The summed E-state index contributed by atoms with van der Waals surface area (Å²) >= 11 is 8.14. The summed E-state index contributed by atoms with van der Waals surface area (Å²) in [4.78, 5) is 19.8. The fourth-order valence-electron chi connectivity index (χ4n) is 2.71. The number of hydrogen-bond acceptors (Lipinski definition) is 6. The van der Waals surface area contributed by atoms with Gasteiger partial charge in [0.2, 0.25) is 0 Å². The number of phenolic OH excluding ortho intramolecular Hbond substituents is 1. The Morgan fingerprint density at radius 3 is 2.63 bits per heavy atom. The Morgan fingerprint density at radius 2 is 1.97 bits per heavy atom. The van der Waals surface area contributed by atoms with Gasteiger partial charge in [-0.3, -0.25) is 9.69 Å². The van der Waals surface area contributed by atoms with E-state index >= 15 is 0 Å². The summed E-state index contributed by atoms with van der Waals surface area (Å²) in [5, 5.41) is 10.8. The zero-order valence-electron chi connectivity index (χ0n) is 16.4. The monoisotopic (exact) mass is 554 g/mol. The van der Waals surface area contributed by atoms with Crippen molar-refractivity contribution in [3.05, 3.63) is 55.8 Å². The first kappa shape index (κ1) is 22.9. The normalized spacial score (nSPS) is 16.7. The average Bonchev–Trinajstić information content (AvgIpc) is 3.03. The Balaban J connectivity index is 2.01. The number of halogens is 2. The van der Waals surface area contributed by atoms with Gasteiger partial charge in [0.15, 0.2) is 16.7 Å². The van der Waals surface area contributed by atoms with Crippen molar-refractivity contribution in [1.29, 1.82) is 0 Å². The van der Waals surface area contributed by atoms with Crippen LogP contribution in [0.2, 0.25) is 0 Å². The first-order valence-electron chi connectivity index (χ1n) is 9.14. The molecule has 0 radical (unpaired) electrons. The van der Waals surface area contributed by atoms with Crippen molar-refractivity contribution >= 4 is 66.5 Å². The molecule has 1 saturated heterocycles. The van der Waals surface area contributed by atoms with Gasteiger partial charge in [-0.2, -0.15) is 0 Å². The molecule has 1 aliphatic heterocycles. The number of aliphatic imine (C=N–C) groups is 1. The highest BCUT2D eigenvalue weighted by Gasteiger charge is 2.33. The van der Waals surface area contributed by atoms with E-state index in [0.29, 0.717) is 50.1 Å². The number of nitrogens with zero attached hydrogens (tertiary/aromatic N) is 2. The number of aromatic hydroxyl groups is 1. The zero-order valence-corrected chi connectivity index (χ0v) is 20.4. The second-order valence-corrected chi connectivity index (χ2v) is 8.76. The van der Waals surface area contributed by atoms with Crippen LogP contribution in [0.1, 0.15) is 12.5 Å². The van der Waals surface area contributed by atoms with Crippen molar-refractivity contribution in [3.8, 4) is 11.5 Å². The van der Waals surface area contributed by atoms with Crippen LogP contribution < -0.4 is 4.74 Å². The molecule has 2 aromatic rings.